The normalized spacial score (nSPS) is 12.5. The Hall–Kier alpha value is -4.26. The van der Waals surface area contributed by atoms with Gasteiger partial charge in [-0.25, -0.2) is 4.79 Å². The SMILES string of the molecule is COC(=O)c1ccc(NC(=O)c2ccc3c(c2)C(=O)N(CCc2ccccc2)C3=O)cc1. The van der Waals surface area contributed by atoms with Gasteiger partial charge in [0.2, 0.25) is 0 Å². The fraction of sp³-hybridized carbons (Fsp3) is 0.120. The molecule has 1 aliphatic heterocycles. The smallest absolute Gasteiger partial charge is 0.337 e. The molecule has 0 spiro atoms. The van der Waals surface area contributed by atoms with Crippen LogP contribution >= 0.6 is 0 Å². The van der Waals surface area contributed by atoms with Gasteiger partial charge in [-0.2, -0.15) is 0 Å². The third-order valence-electron chi connectivity index (χ3n) is 5.26. The van der Waals surface area contributed by atoms with Gasteiger partial charge in [-0.3, -0.25) is 19.3 Å². The molecule has 3 aromatic rings. The lowest BCUT2D eigenvalue weighted by Crippen LogP contribution is -2.31. The van der Waals surface area contributed by atoms with Gasteiger partial charge >= 0.3 is 5.97 Å². The number of benzene rings is 3. The molecule has 4 rings (SSSR count). The van der Waals surface area contributed by atoms with Crippen molar-refractivity contribution < 1.29 is 23.9 Å². The van der Waals surface area contributed by atoms with Gasteiger partial charge in [0.05, 0.1) is 23.8 Å². The van der Waals surface area contributed by atoms with Gasteiger partial charge in [0, 0.05) is 17.8 Å². The lowest BCUT2D eigenvalue weighted by Gasteiger charge is -2.13. The van der Waals surface area contributed by atoms with Crippen molar-refractivity contribution in [1.29, 1.82) is 0 Å². The van der Waals surface area contributed by atoms with E-state index in [1.54, 1.807) is 12.1 Å². The molecule has 3 aromatic carbocycles. The fourth-order valence-electron chi connectivity index (χ4n) is 3.53. The summed E-state index contributed by atoms with van der Waals surface area (Å²) in [5, 5.41) is 2.72. The third kappa shape index (κ3) is 4.13. The number of carbonyl (C=O) groups excluding carboxylic acids is 4. The maximum atomic E-state index is 12.8. The minimum atomic E-state index is -0.471. The van der Waals surface area contributed by atoms with Crippen LogP contribution in [0.2, 0.25) is 0 Å². The van der Waals surface area contributed by atoms with E-state index in [0.29, 0.717) is 23.2 Å². The van der Waals surface area contributed by atoms with Crippen molar-refractivity contribution in [2.45, 2.75) is 6.42 Å². The molecule has 7 heteroatoms. The van der Waals surface area contributed by atoms with E-state index < -0.39 is 17.8 Å². The van der Waals surface area contributed by atoms with E-state index in [0.717, 1.165) is 5.56 Å². The number of hydrogen-bond acceptors (Lipinski definition) is 5. The minimum absolute atomic E-state index is 0.219. The summed E-state index contributed by atoms with van der Waals surface area (Å²) in [6, 6.07) is 20.3. The summed E-state index contributed by atoms with van der Waals surface area (Å²) in [4.78, 5) is 50.9. The van der Waals surface area contributed by atoms with E-state index in [1.807, 2.05) is 30.3 Å². The summed E-state index contributed by atoms with van der Waals surface area (Å²) in [5.74, 6) is -1.66. The number of carbonyl (C=O) groups is 4. The first-order valence-electron chi connectivity index (χ1n) is 10.0. The minimum Gasteiger partial charge on any atom is -0.465 e. The monoisotopic (exact) mass is 428 g/mol. The molecule has 7 nitrogen and oxygen atoms in total. The Morgan fingerprint density at radius 1 is 0.844 bits per heavy atom. The Labute approximate surface area is 184 Å². The highest BCUT2D eigenvalue weighted by Gasteiger charge is 2.35. The number of nitrogens with one attached hydrogen (secondary N) is 1. The second-order valence-electron chi connectivity index (χ2n) is 7.28. The standard InChI is InChI=1S/C25H20N2O5/c1-32-25(31)17-7-10-19(11-8-17)26-22(28)18-9-12-20-21(15-18)24(30)27(23(20)29)14-13-16-5-3-2-4-6-16/h2-12,15H,13-14H2,1H3,(H,26,28). The van der Waals surface area contributed by atoms with Crippen molar-refractivity contribution in [1.82, 2.24) is 4.90 Å². The van der Waals surface area contributed by atoms with E-state index in [2.05, 4.69) is 10.1 Å². The molecule has 3 amide bonds. The van der Waals surface area contributed by atoms with Gasteiger partial charge in [0.15, 0.2) is 0 Å². The number of imide groups is 1. The number of anilines is 1. The second kappa shape index (κ2) is 8.85. The molecule has 0 atom stereocenters. The molecule has 0 saturated carbocycles. The summed E-state index contributed by atoms with van der Waals surface area (Å²) in [7, 11) is 1.29. The van der Waals surface area contributed by atoms with Crippen LogP contribution in [-0.2, 0) is 11.2 Å². The van der Waals surface area contributed by atoms with Gasteiger partial charge in [-0.05, 0) is 54.4 Å². The predicted molar refractivity (Wildman–Crippen MR) is 118 cm³/mol. The number of methoxy groups -OCH3 is 1. The molecule has 0 radical (unpaired) electrons. The first-order valence-corrected chi connectivity index (χ1v) is 10.0. The highest BCUT2D eigenvalue weighted by Crippen LogP contribution is 2.25. The van der Waals surface area contributed by atoms with Crippen molar-refractivity contribution in [2.24, 2.45) is 0 Å². The average Bonchev–Trinajstić information content (AvgIpc) is 3.07. The van der Waals surface area contributed by atoms with E-state index in [-0.39, 0.29) is 23.6 Å². The zero-order chi connectivity index (χ0) is 22.7. The van der Waals surface area contributed by atoms with Crippen LogP contribution in [0.1, 0.15) is 47.0 Å². The summed E-state index contributed by atoms with van der Waals surface area (Å²) in [6.07, 6.45) is 0.557. The Bertz CT molecular complexity index is 1200. The zero-order valence-corrected chi connectivity index (χ0v) is 17.3. The van der Waals surface area contributed by atoms with E-state index in [9.17, 15) is 19.2 Å². The molecule has 0 saturated heterocycles. The van der Waals surface area contributed by atoms with Gasteiger partial charge in [-0.15, -0.1) is 0 Å². The molecule has 0 bridgehead atoms. The largest absolute Gasteiger partial charge is 0.465 e. The molecular weight excluding hydrogens is 408 g/mol. The number of esters is 1. The van der Waals surface area contributed by atoms with Gasteiger partial charge in [0.25, 0.3) is 17.7 Å². The van der Waals surface area contributed by atoms with Crippen molar-refractivity contribution in [3.63, 3.8) is 0 Å². The average molecular weight is 428 g/mol. The number of rotatable bonds is 6. The van der Waals surface area contributed by atoms with Gasteiger partial charge in [0.1, 0.15) is 0 Å². The molecule has 0 unspecified atom stereocenters. The topological polar surface area (TPSA) is 92.8 Å². The van der Waals surface area contributed by atoms with E-state index in [4.69, 9.17) is 0 Å². The van der Waals surface area contributed by atoms with Crippen molar-refractivity contribution in [3.05, 3.63) is 101 Å². The molecule has 32 heavy (non-hydrogen) atoms. The van der Waals surface area contributed by atoms with Crippen LogP contribution in [0, 0.1) is 0 Å². The van der Waals surface area contributed by atoms with Crippen LogP contribution in [0.3, 0.4) is 0 Å². The first kappa shape index (κ1) is 21.0. The lowest BCUT2D eigenvalue weighted by atomic mass is 10.1. The molecule has 0 fully saturated rings. The Morgan fingerprint density at radius 2 is 1.50 bits per heavy atom. The number of fused-ring (bicyclic) bond motifs is 1. The number of hydrogen-bond donors (Lipinski definition) is 1. The second-order valence-corrected chi connectivity index (χ2v) is 7.28. The molecule has 1 aliphatic rings. The molecule has 0 aliphatic carbocycles. The molecule has 0 aromatic heterocycles. The van der Waals surface area contributed by atoms with Crippen LogP contribution in [-0.4, -0.2) is 42.2 Å². The highest BCUT2D eigenvalue weighted by atomic mass is 16.5. The third-order valence-corrected chi connectivity index (χ3v) is 5.26. The van der Waals surface area contributed by atoms with E-state index >= 15 is 0 Å². The van der Waals surface area contributed by atoms with Crippen molar-refractivity contribution in [3.8, 4) is 0 Å². The number of amides is 3. The van der Waals surface area contributed by atoms with Crippen molar-refractivity contribution >= 4 is 29.4 Å². The Kier molecular flexibility index (Phi) is 5.81. The van der Waals surface area contributed by atoms with Crippen LogP contribution in [0.25, 0.3) is 0 Å². The predicted octanol–water partition coefficient (Wildman–Crippen LogP) is 3.56. The Morgan fingerprint density at radius 3 is 2.19 bits per heavy atom. The number of nitrogens with zero attached hydrogens (tertiary/aromatic N) is 1. The van der Waals surface area contributed by atoms with Crippen LogP contribution in [0.15, 0.2) is 72.8 Å². The summed E-state index contributed by atoms with van der Waals surface area (Å²) < 4.78 is 4.65. The van der Waals surface area contributed by atoms with Crippen molar-refractivity contribution in [2.75, 3.05) is 19.0 Å². The lowest BCUT2D eigenvalue weighted by molar-refractivity contribution is 0.0598. The van der Waals surface area contributed by atoms with Crippen LogP contribution in [0.4, 0.5) is 5.69 Å². The van der Waals surface area contributed by atoms with Gasteiger partial charge < -0.3 is 10.1 Å². The molecule has 1 N–H and O–H groups in total. The Balaban J connectivity index is 1.47. The van der Waals surface area contributed by atoms with Crippen LogP contribution < -0.4 is 5.32 Å². The maximum Gasteiger partial charge on any atom is 0.337 e. The van der Waals surface area contributed by atoms with Crippen LogP contribution in [0.5, 0.6) is 0 Å². The quantitative estimate of drug-likeness (QED) is 0.479. The molecule has 1 heterocycles. The summed E-state index contributed by atoms with van der Waals surface area (Å²) >= 11 is 0. The summed E-state index contributed by atoms with van der Waals surface area (Å²) in [6.45, 7) is 0.268. The fourth-order valence-corrected chi connectivity index (χ4v) is 3.53. The van der Waals surface area contributed by atoms with E-state index in [1.165, 1.54) is 42.3 Å². The summed E-state index contributed by atoms with van der Waals surface area (Å²) in [5.41, 5.74) is 2.64. The first-order chi connectivity index (χ1) is 15.5. The molecular formula is C25H20N2O5. The van der Waals surface area contributed by atoms with Gasteiger partial charge in [-0.1, -0.05) is 30.3 Å². The number of ether oxygens (including phenoxy) is 1. The maximum absolute atomic E-state index is 12.8. The molecule has 160 valence electrons. The zero-order valence-electron chi connectivity index (χ0n) is 17.3. The highest BCUT2D eigenvalue weighted by molar-refractivity contribution is 6.22.